The number of ether oxygens (including phenoxy) is 1. The monoisotopic (exact) mass is 280 g/mol. The molecule has 0 saturated heterocycles. The zero-order valence-electron chi connectivity index (χ0n) is 11.9. The molecule has 0 aromatic heterocycles. The van der Waals surface area contributed by atoms with Gasteiger partial charge in [-0.15, -0.1) is 0 Å². The van der Waals surface area contributed by atoms with Gasteiger partial charge < -0.3 is 20.5 Å². The van der Waals surface area contributed by atoms with Crippen LogP contribution in [0.25, 0.3) is 0 Å². The Labute approximate surface area is 118 Å². The van der Waals surface area contributed by atoms with Crippen molar-refractivity contribution in [2.45, 2.75) is 26.3 Å². The van der Waals surface area contributed by atoms with Gasteiger partial charge in [-0.05, 0) is 44.0 Å². The van der Waals surface area contributed by atoms with E-state index in [9.17, 15) is 9.59 Å². The highest BCUT2D eigenvalue weighted by Crippen LogP contribution is 2.16. The first-order valence-electron chi connectivity index (χ1n) is 6.34. The topological polar surface area (TPSA) is 87.7 Å². The number of carbonyl (C=O) groups excluding carboxylic acids is 1. The molecule has 1 atom stereocenters. The summed E-state index contributed by atoms with van der Waals surface area (Å²) in [4.78, 5) is 22.6. The first-order valence-corrected chi connectivity index (χ1v) is 6.34. The molecule has 1 unspecified atom stereocenters. The van der Waals surface area contributed by atoms with Crippen LogP contribution >= 0.6 is 0 Å². The van der Waals surface area contributed by atoms with E-state index in [4.69, 9.17) is 9.84 Å². The lowest BCUT2D eigenvalue weighted by molar-refractivity contribution is 0.0697. The molecule has 0 fully saturated rings. The van der Waals surface area contributed by atoms with Crippen LogP contribution in [0.4, 0.5) is 10.5 Å². The predicted octanol–water partition coefficient (Wildman–Crippen LogP) is 2.24. The normalized spacial score (nSPS) is 11.8. The van der Waals surface area contributed by atoms with Crippen LogP contribution in [0.15, 0.2) is 18.2 Å². The van der Waals surface area contributed by atoms with E-state index < -0.39 is 5.97 Å². The van der Waals surface area contributed by atoms with E-state index in [1.165, 1.54) is 12.1 Å². The number of benzene rings is 1. The smallest absolute Gasteiger partial charge is 0.335 e. The van der Waals surface area contributed by atoms with Crippen LogP contribution in [0.5, 0.6) is 0 Å². The van der Waals surface area contributed by atoms with Gasteiger partial charge in [0, 0.05) is 25.4 Å². The lowest BCUT2D eigenvalue weighted by atomic mass is 10.1. The van der Waals surface area contributed by atoms with Crippen LogP contribution in [0.1, 0.15) is 29.3 Å². The number of nitrogens with one attached hydrogen (secondary N) is 2. The van der Waals surface area contributed by atoms with Crippen molar-refractivity contribution in [2.75, 3.05) is 19.0 Å². The van der Waals surface area contributed by atoms with Crippen LogP contribution in [-0.4, -0.2) is 36.9 Å². The SMILES string of the molecule is COCCC(C)NC(=O)Nc1ccc(C(=O)O)cc1C. The van der Waals surface area contributed by atoms with E-state index in [1.807, 2.05) is 6.92 Å². The second kappa shape index (κ2) is 7.49. The lowest BCUT2D eigenvalue weighted by Crippen LogP contribution is -2.36. The Morgan fingerprint density at radius 1 is 1.40 bits per heavy atom. The molecule has 0 aliphatic rings. The molecule has 110 valence electrons. The van der Waals surface area contributed by atoms with Crippen LogP contribution < -0.4 is 10.6 Å². The highest BCUT2D eigenvalue weighted by Gasteiger charge is 2.10. The summed E-state index contributed by atoms with van der Waals surface area (Å²) in [5.41, 5.74) is 1.48. The third-order valence-corrected chi connectivity index (χ3v) is 2.85. The Balaban J connectivity index is 2.60. The Morgan fingerprint density at radius 3 is 2.65 bits per heavy atom. The van der Waals surface area contributed by atoms with Gasteiger partial charge in [-0.2, -0.15) is 0 Å². The minimum atomic E-state index is -0.989. The molecular formula is C14H20N2O4. The zero-order valence-corrected chi connectivity index (χ0v) is 11.9. The Hall–Kier alpha value is -2.08. The molecule has 0 spiro atoms. The highest BCUT2D eigenvalue weighted by molar-refractivity contribution is 5.92. The molecule has 6 heteroatoms. The summed E-state index contributed by atoms with van der Waals surface area (Å²) in [6.45, 7) is 4.21. The maximum absolute atomic E-state index is 11.8. The number of aromatic carboxylic acids is 1. The van der Waals surface area contributed by atoms with Crippen molar-refractivity contribution in [3.8, 4) is 0 Å². The summed E-state index contributed by atoms with van der Waals surface area (Å²) in [5, 5.41) is 14.4. The fraction of sp³-hybridized carbons (Fsp3) is 0.429. The van der Waals surface area contributed by atoms with Gasteiger partial charge in [-0.25, -0.2) is 9.59 Å². The number of hydrogen-bond acceptors (Lipinski definition) is 3. The average Bonchev–Trinajstić information content (AvgIpc) is 2.38. The van der Waals surface area contributed by atoms with Gasteiger partial charge >= 0.3 is 12.0 Å². The molecule has 0 radical (unpaired) electrons. The van der Waals surface area contributed by atoms with Gasteiger partial charge in [0.15, 0.2) is 0 Å². The van der Waals surface area contributed by atoms with Crippen molar-refractivity contribution in [3.63, 3.8) is 0 Å². The number of hydrogen-bond donors (Lipinski definition) is 3. The third-order valence-electron chi connectivity index (χ3n) is 2.85. The van der Waals surface area contributed by atoms with Gasteiger partial charge in [-0.3, -0.25) is 0 Å². The quantitative estimate of drug-likeness (QED) is 0.745. The van der Waals surface area contributed by atoms with Crippen molar-refractivity contribution >= 4 is 17.7 Å². The lowest BCUT2D eigenvalue weighted by Gasteiger charge is -2.15. The standard InChI is InChI=1S/C14H20N2O4/c1-9-8-11(13(17)18)4-5-12(9)16-14(19)15-10(2)6-7-20-3/h4-5,8,10H,6-7H2,1-3H3,(H,17,18)(H2,15,16,19). The van der Waals surface area contributed by atoms with Gasteiger partial charge in [0.05, 0.1) is 5.56 Å². The van der Waals surface area contributed by atoms with Crippen LogP contribution in [0.3, 0.4) is 0 Å². The summed E-state index contributed by atoms with van der Waals surface area (Å²) in [6.07, 6.45) is 0.723. The fourth-order valence-corrected chi connectivity index (χ4v) is 1.69. The van der Waals surface area contributed by atoms with Crippen LogP contribution in [0.2, 0.25) is 0 Å². The van der Waals surface area contributed by atoms with E-state index >= 15 is 0 Å². The molecule has 1 aromatic rings. The maximum atomic E-state index is 11.8. The number of urea groups is 1. The molecule has 1 aromatic carbocycles. The minimum absolute atomic E-state index is 0.00597. The maximum Gasteiger partial charge on any atom is 0.335 e. The number of methoxy groups -OCH3 is 1. The minimum Gasteiger partial charge on any atom is -0.478 e. The fourth-order valence-electron chi connectivity index (χ4n) is 1.69. The van der Waals surface area contributed by atoms with Crippen molar-refractivity contribution in [1.82, 2.24) is 5.32 Å². The van der Waals surface area contributed by atoms with Crippen molar-refractivity contribution in [3.05, 3.63) is 29.3 Å². The number of rotatable bonds is 6. The summed E-state index contributed by atoms with van der Waals surface area (Å²) in [7, 11) is 1.61. The molecule has 0 aliphatic heterocycles. The molecule has 20 heavy (non-hydrogen) atoms. The number of aryl methyl sites for hydroxylation is 1. The molecule has 0 aliphatic carbocycles. The number of carboxylic acids is 1. The van der Waals surface area contributed by atoms with E-state index in [0.717, 1.165) is 6.42 Å². The van der Waals surface area contributed by atoms with E-state index in [-0.39, 0.29) is 17.6 Å². The first kappa shape index (κ1) is 16.0. The van der Waals surface area contributed by atoms with Gasteiger partial charge in [0.25, 0.3) is 0 Å². The van der Waals surface area contributed by atoms with Crippen molar-refractivity contribution < 1.29 is 19.4 Å². The summed E-state index contributed by atoms with van der Waals surface area (Å²) >= 11 is 0. The van der Waals surface area contributed by atoms with Gasteiger partial charge in [-0.1, -0.05) is 0 Å². The van der Waals surface area contributed by atoms with Crippen molar-refractivity contribution in [2.24, 2.45) is 0 Å². The second-order valence-electron chi connectivity index (χ2n) is 4.62. The highest BCUT2D eigenvalue weighted by atomic mass is 16.5. The van der Waals surface area contributed by atoms with Gasteiger partial charge in [0.1, 0.15) is 0 Å². The van der Waals surface area contributed by atoms with Crippen LogP contribution in [0, 0.1) is 6.92 Å². The Kier molecular flexibility index (Phi) is 5.99. The molecular weight excluding hydrogens is 260 g/mol. The number of amides is 2. The summed E-state index contributed by atoms with van der Waals surface area (Å²) in [5.74, 6) is -0.989. The van der Waals surface area contributed by atoms with E-state index in [0.29, 0.717) is 17.9 Å². The summed E-state index contributed by atoms with van der Waals surface area (Å²) in [6, 6.07) is 4.23. The second-order valence-corrected chi connectivity index (χ2v) is 4.62. The zero-order chi connectivity index (χ0) is 15.1. The molecule has 3 N–H and O–H groups in total. The van der Waals surface area contributed by atoms with Gasteiger partial charge in [0.2, 0.25) is 0 Å². The molecule has 0 saturated carbocycles. The van der Waals surface area contributed by atoms with E-state index in [2.05, 4.69) is 10.6 Å². The predicted molar refractivity (Wildman–Crippen MR) is 76.2 cm³/mol. The molecule has 0 heterocycles. The number of anilines is 1. The first-order chi connectivity index (χ1) is 9.43. The molecule has 1 rings (SSSR count). The number of carbonyl (C=O) groups is 2. The Morgan fingerprint density at radius 2 is 2.10 bits per heavy atom. The molecule has 0 bridgehead atoms. The van der Waals surface area contributed by atoms with Crippen LogP contribution in [-0.2, 0) is 4.74 Å². The molecule has 6 nitrogen and oxygen atoms in total. The largest absolute Gasteiger partial charge is 0.478 e. The van der Waals surface area contributed by atoms with Crippen molar-refractivity contribution in [1.29, 1.82) is 0 Å². The molecule has 2 amide bonds. The average molecular weight is 280 g/mol. The Bertz CT molecular complexity index is 488. The van der Waals surface area contributed by atoms with E-state index in [1.54, 1.807) is 20.1 Å². The summed E-state index contributed by atoms with van der Waals surface area (Å²) < 4.78 is 4.94. The number of carboxylic acid groups (broad SMARTS) is 1. The third kappa shape index (κ3) is 4.89.